The van der Waals surface area contributed by atoms with Gasteiger partial charge in [-0.3, -0.25) is 14.7 Å². The van der Waals surface area contributed by atoms with Crippen LogP contribution in [0.15, 0.2) is 30.3 Å². The minimum atomic E-state index is -0.410. The van der Waals surface area contributed by atoms with Crippen LogP contribution in [0.25, 0.3) is 10.9 Å². The molecule has 1 atom stereocenters. The van der Waals surface area contributed by atoms with Gasteiger partial charge in [-0.1, -0.05) is 18.2 Å². The standard InChI is InChI=1S/C25H29N5O3/c1-15(2)26-24(31)18-13-21(27-19-9-5-3-7-16(18)19)22-14-30(11-12-33-22)25(32)23-17-8-4-6-10-20(17)28-29-23/h3,5,7,9,13,15,22H,4,6,8,10-12,14H2,1-2H3,(H,26,31)(H,28,29)/t22-/m0/s1. The Kier molecular flexibility index (Phi) is 5.85. The quantitative estimate of drug-likeness (QED) is 0.640. The van der Waals surface area contributed by atoms with E-state index in [1.54, 1.807) is 11.0 Å². The second kappa shape index (κ2) is 8.94. The molecule has 1 aliphatic carbocycles. The Balaban J connectivity index is 1.43. The molecular formula is C25H29N5O3. The lowest BCUT2D eigenvalue weighted by molar-refractivity contribution is -0.0248. The first kappa shape index (κ1) is 21.6. The summed E-state index contributed by atoms with van der Waals surface area (Å²) < 4.78 is 6.02. The molecule has 2 amide bonds. The summed E-state index contributed by atoms with van der Waals surface area (Å²) in [6, 6.07) is 9.42. The Morgan fingerprint density at radius 2 is 2.03 bits per heavy atom. The normalized spacial score (nSPS) is 18.4. The van der Waals surface area contributed by atoms with E-state index in [1.807, 2.05) is 38.1 Å². The summed E-state index contributed by atoms with van der Waals surface area (Å²) in [6.07, 6.45) is 3.64. The van der Waals surface area contributed by atoms with Crippen molar-refractivity contribution in [2.24, 2.45) is 0 Å². The number of amides is 2. The van der Waals surface area contributed by atoms with Crippen LogP contribution in [0.5, 0.6) is 0 Å². The summed E-state index contributed by atoms with van der Waals surface area (Å²) in [4.78, 5) is 32.8. The number of para-hydroxylation sites is 1. The van der Waals surface area contributed by atoms with Crippen LogP contribution in [0.2, 0.25) is 0 Å². The highest BCUT2D eigenvalue weighted by Gasteiger charge is 2.31. The topological polar surface area (TPSA) is 100 Å². The molecule has 0 unspecified atom stereocenters. The van der Waals surface area contributed by atoms with Gasteiger partial charge in [-0.25, -0.2) is 4.98 Å². The van der Waals surface area contributed by atoms with Crippen LogP contribution in [0, 0.1) is 0 Å². The number of ether oxygens (including phenoxy) is 1. The summed E-state index contributed by atoms with van der Waals surface area (Å²) in [5.74, 6) is -0.210. The SMILES string of the molecule is CC(C)NC(=O)c1cc([C@@H]2CN(C(=O)c3n[nH]c4c3CCCC4)CCO2)nc2ccccc12. The van der Waals surface area contributed by atoms with E-state index >= 15 is 0 Å². The molecule has 3 aromatic rings. The van der Waals surface area contributed by atoms with Gasteiger partial charge in [0.05, 0.1) is 29.9 Å². The largest absolute Gasteiger partial charge is 0.368 e. The first-order valence-electron chi connectivity index (χ1n) is 11.7. The fraction of sp³-hybridized carbons (Fsp3) is 0.440. The van der Waals surface area contributed by atoms with Crippen molar-refractivity contribution in [1.29, 1.82) is 0 Å². The molecule has 1 fully saturated rings. The Hall–Kier alpha value is -3.26. The maximum atomic E-state index is 13.3. The molecule has 0 saturated carbocycles. The Morgan fingerprint density at radius 1 is 1.21 bits per heavy atom. The Morgan fingerprint density at radius 3 is 2.88 bits per heavy atom. The van der Waals surface area contributed by atoms with E-state index in [0.29, 0.717) is 36.6 Å². The summed E-state index contributed by atoms with van der Waals surface area (Å²) in [5, 5.41) is 11.2. The van der Waals surface area contributed by atoms with Gasteiger partial charge in [-0.2, -0.15) is 5.10 Å². The number of aromatic amines is 1. The molecule has 1 aromatic carbocycles. The van der Waals surface area contributed by atoms with Gasteiger partial charge in [0.1, 0.15) is 6.10 Å². The highest BCUT2D eigenvalue weighted by Crippen LogP contribution is 2.28. The van der Waals surface area contributed by atoms with Gasteiger partial charge < -0.3 is 15.0 Å². The maximum Gasteiger partial charge on any atom is 0.274 e. The number of carbonyl (C=O) groups is 2. The zero-order chi connectivity index (χ0) is 22.9. The second-order valence-corrected chi connectivity index (χ2v) is 9.09. The van der Waals surface area contributed by atoms with Gasteiger partial charge in [0.2, 0.25) is 0 Å². The summed E-state index contributed by atoms with van der Waals surface area (Å²) in [7, 11) is 0. The number of nitrogens with zero attached hydrogens (tertiary/aromatic N) is 3. The number of hydrogen-bond acceptors (Lipinski definition) is 5. The lowest BCUT2D eigenvalue weighted by Crippen LogP contribution is -2.43. The summed E-state index contributed by atoms with van der Waals surface area (Å²) in [6.45, 7) is 5.15. The third kappa shape index (κ3) is 4.23. The number of rotatable bonds is 4. The predicted octanol–water partition coefficient (Wildman–Crippen LogP) is 3.19. The third-order valence-electron chi connectivity index (χ3n) is 6.34. The van der Waals surface area contributed by atoms with Gasteiger partial charge in [-0.15, -0.1) is 0 Å². The molecule has 0 spiro atoms. The van der Waals surface area contributed by atoms with Crippen molar-refractivity contribution in [1.82, 2.24) is 25.4 Å². The number of H-pyrrole nitrogens is 1. The average molecular weight is 448 g/mol. The minimum Gasteiger partial charge on any atom is -0.368 e. The van der Waals surface area contributed by atoms with E-state index in [0.717, 1.165) is 47.8 Å². The molecule has 3 heterocycles. The molecule has 2 N–H and O–H groups in total. The minimum absolute atomic E-state index is 0.0201. The second-order valence-electron chi connectivity index (χ2n) is 9.09. The first-order chi connectivity index (χ1) is 16.0. The molecule has 2 aliphatic rings. The number of nitrogens with one attached hydrogen (secondary N) is 2. The van der Waals surface area contributed by atoms with Crippen LogP contribution in [0.4, 0.5) is 0 Å². The molecule has 0 radical (unpaired) electrons. The van der Waals surface area contributed by atoms with Gasteiger partial charge >= 0.3 is 0 Å². The third-order valence-corrected chi connectivity index (χ3v) is 6.34. The van der Waals surface area contributed by atoms with Gasteiger partial charge in [-0.05, 0) is 51.7 Å². The molecular weight excluding hydrogens is 418 g/mol. The number of aryl methyl sites for hydroxylation is 1. The van der Waals surface area contributed by atoms with E-state index in [4.69, 9.17) is 9.72 Å². The van der Waals surface area contributed by atoms with Crippen molar-refractivity contribution < 1.29 is 14.3 Å². The van der Waals surface area contributed by atoms with Crippen molar-refractivity contribution >= 4 is 22.7 Å². The number of benzene rings is 1. The Labute approximate surface area is 192 Å². The van der Waals surface area contributed by atoms with E-state index in [-0.39, 0.29) is 17.9 Å². The summed E-state index contributed by atoms with van der Waals surface area (Å²) >= 11 is 0. The molecule has 1 saturated heterocycles. The number of carbonyl (C=O) groups excluding carboxylic acids is 2. The van der Waals surface area contributed by atoms with Gasteiger partial charge in [0.25, 0.3) is 11.8 Å². The van der Waals surface area contributed by atoms with E-state index in [9.17, 15) is 9.59 Å². The van der Waals surface area contributed by atoms with Crippen LogP contribution < -0.4 is 5.32 Å². The molecule has 33 heavy (non-hydrogen) atoms. The molecule has 2 aromatic heterocycles. The predicted molar refractivity (Wildman–Crippen MR) is 124 cm³/mol. The zero-order valence-corrected chi connectivity index (χ0v) is 19.1. The molecule has 1 aliphatic heterocycles. The van der Waals surface area contributed by atoms with Crippen LogP contribution in [-0.2, 0) is 17.6 Å². The first-order valence-corrected chi connectivity index (χ1v) is 11.7. The number of morpholine rings is 1. The highest BCUT2D eigenvalue weighted by atomic mass is 16.5. The molecule has 172 valence electrons. The maximum absolute atomic E-state index is 13.3. The highest BCUT2D eigenvalue weighted by molar-refractivity contribution is 6.06. The zero-order valence-electron chi connectivity index (χ0n) is 19.1. The fourth-order valence-corrected chi connectivity index (χ4v) is 4.71. The van der Waals surface area contributed by atoms with Crippen molar-refractivity contribution in [3.63, 3.8) is 0 Å². The van der Waals surface area contributed by atoms with E-state index in [1.165, 1.54) is 0 Å². The molecule has 8 heteroatoms. The van der Waals surface area contributed by atoms with Crippen molar-refractivity contribution in [2.45, 2.75) is 51.7 Å². The van der Waals surface area contributed by atoms with Crippen LogP contribution >= 0.6 is 0 Å². The van der Waals surface area contributed by atoms with Crippen LogP contribution in [0.3, 0.4) is 0 Å². The van der Waals surface area contributed by atoms with Gasteiger partial charge in [0.15, 0.2) is 5.69 Å². The molecule has 8 nitrogen and oxygen atoms in total. The fourth-order valence-electron chi connectivity index (χ4n) is 4.71. The van der Waals surface area contributed by atoms with Crippen molar-refractivity contribution in [3.8, 4) is 0 Å². The average Bonchev–Trinajstić information content (AvgIpc) is 3.26. The lowest BCUT2D eigenvalue weighted by atomic mass is 9.95. The number of aromatic nitrogens is 3. The van der Waals surface area contributed by atoms with Crippen molar-refractivity contribution in [3.05, 3.63) is 58.5 Å². The lowest BCUT2D eigenvalue weighted by Gasteiger charge is -2.32. The Bertz CT molecular complexity index is 1200. The van der Waals surface area contributed by atoms with E-state index in [2.05, 4.69) is 15.5 Å². The number of pyridine rings is 1. The molecule has 5 rings (SSSR count). The smallest absolute Gasteiger partial charge is 0.274 e. The van der Waals surface area contributed by atoms with Gasteiger partial charge in [0, 0.05) is 29.2 Å². The van der Waals surface area contributed by atoms with Crippen LogP contribution in [-0.4, -0.2) is 57.6 Å². The number of hydrogen-bond donors (Lipinski definition) is 2. The number of fused-ring (bicyclic) bond motifs is 2. The van der Waals surface area contributed by atoms with Crippen LogP contribution in [0.1, 0.15) is 70.6 Å². The van der Waals surface area contributed by atoms with Crippen molar-refractivity contribution in [2.75, 3.05) is 19.7 Å². The summed E-state index contributed by atoms with van der Waals surface area (Å²) in [5.41, 5.74) is 4.64. The monoisotopic (exact) mass is 447 g/mol. The molecule has 0 bridgehead atoms. The van der Waals surface area contributed by atoms with E-state index < -0.39 is 6.10 Å².